The van der Waals surface area contributed by atoms with Crippen LogP contribution in [-0.4, -0.2) is 28.2 Å². The van der Waals surface area contributed by atoms with Gasteiger partial charge in [0.15, 0.2) is 11.6 Å². The zero-order chi connectivity index (χ0) is 21.3. The van der Waals surface area contributed by atoms with Crippen LogP contribution in [-0.2, 0) is 9.59 Å². The molecule has 30 heavy (non-hydrogen) atoms. The van der Waals surface area contributed by atoms with Crippen LogP contribution in [0.1, 0.15) is 25.8 Å². The molecule has 0 spiro atoms. The van der Waals surface area contributed by atoms with Crippen LogP contribution in [0, 0.1) is 5.82 Å². The van der Waals surface area contributed by atoms with Crippen molar-refractivity contribution in [1.29, 1.82) is 0 Å². The number of para-hydroxylation sites is 1. The van der Waals surface area contributed by atoms with E-state index in [9.17, 15) is 14.0 Å². The highest BCUT2D eigenvalue weighted by Gasteiger charge is 2.15. The van der Waals surface area contributed by atoms with E-state index in [-0.39, 0.29) is 30.6 Å². The number of hydrogen-bond donors (Lipinski definition) is 2. The molecule has 0 aliphatic heterocycles. The van der Waals surface area contributed by atoms with Crippen LogP contribution in [0.2, 0.25) is 0 Å². The zero-order valence-corrected chi connectivity index (χ0v) is 16.5. The number of carbonyl (C=O) groups is 2. The first-order chi connectivity index (χ1) is 14.5. The molecule has 2 amide bonds. The minimum absolute atomic E-state index is 0.172. The van der Waals surface area contributed by atoms with E-state index in [2.05, 4.69) is 15.7 Å². The van der Waals surface area contributed by atoms with Crippen LogP contribution in [0.4, 0.5) is 15.8 Å². The molecule has 3 rings (SSSR count). The molecule has 156 valence electrons. The molecule has 1 aromatic heterocycles. The number of ether oxygens (including phenoxy) is 1. The van der Waals surface area contributed by atoms with Crippen molar-refractivity contribution in [2.45, 2.75) is 25.8 Å². The maximum Gasteiger partial charge on any atom is 0.248 e. The molecule has 0 saturated heterocycles. The Kier molecular flexibility index (Phi) is 7.15. The highest BCUT2D eigenvalue weighted by molar-refractivity contribution is 5.95. The third kappa shape index (κ3) is 5.91. The van der Waals surface area contributed by atoms with Gasteiger partial charge in [-0.15, -0.1) is 0 Å². The van der Waals surface area contributed by atoms with Gasteiger partial charge >= 0.3 is 0 Å². The molecule has 0 aliphatic carbocycles. The Morgan fingerprint density at radius 3 is 2.60 bits per heavy atom. The number of benzene rings is 2. The summed E-state index contributed by atoms with van der Waals surface area (Å²) in [5.74, 6) is -0.665. The number of rotatable bonds is 9. The topological polar surface area (TPSA) is 85.3 Å². The van der Waals surface area contributed by atoms with Crippen molar-refractivity contribution in [2.24, 2.45) is 0 Å². The summed E-state index contributed by atoms with van der Waals surface area (Å²) in [7, 11) is 0. The first-order valence-corrected chi connectivity index (χ1v) is 9.60. The minimum atomic E-state index is -0.465. The van der Waals surface area contributed by atoms with Gasteiger partial charge in [-0.2, -0.15) is 5.10 Å². The largest absolute Gasteiger partial charge is 0.491 e. The molecule has 8 heteroatoms. The number of aromatic nitrogens is 2. The van der Waals surface area contributed by atoms with Crippen molar-refractivity contribution >= 4 is 23.2 Å². The molecule has 0 fully saturated rings. The summed E-state index contributed by atoms with van der Waals surface area (Å²) in [6.45, 7) is 1.98. The zero-order valence-electron chi connectivity index (χ0n) is 16.5. The third-order valence-electron chi connectivity index (χ3n) is 4.36. The predicted octanol–water partition coefficient (Wildman–Crippen LogP) is 4.02. The summed E-state index contributed by atoms with van der Waals surface area (Å²) in [6.07, 6.45) is 4.00. The van der Waals surface area contributed by atoms with Gasteiger partial charge in [0.25, 0.3) is 0 Å². The Morgan fingerprint density at radius 2 is 1.87 bits per heavy atom. The number of hydrogen-bond acceptors (Lipinski definition) is 4. The second kappa shape index (κ2) is 10.2. The molecule has 1 heterocycles. The van der Waals surface area contributed by atoms with Gasteiger partial charge in [0.1, 0.15) is 6.04 Å². The van der Waals surface area contributed by atoms with Crippen molar-refractivity contribution in [3.8, 4) is 5.75 Å². The number of nitrogens with zero attached hydrogens (tertiary/aromatic N) is 2. The molecule has 1 unspecified atom stereocenters. The second-order valence-corrected chi connectivity index (χ2v) is 6.66. The summed E-state index contributed by atoms with van der Waals surface area (Å²) in [6, 6.07) is 14.3. The monoisotopic (exact) mass is 410 g/mol. The predicted molar refractivity (Wildman–Crippen MR) is 112 cm³/mol. The molecular weight excluding hydrogens is 387 g/mol. The Balaban J connectivity index is 1.45. The van der Waals surface area contributed by atoms with E-state index in [4.69, 9.17) is 4.74 Å². The highest BCUT2D eigenvalue weighted by atomic mass is 19.1. The van der Waals surface area contributed by atoms with E-state index >= 15 is 0 Å². The Morgan fingerprint density at radius 1 is 1.10 bits per heavy atom. The van der Waals surface area contributed by atoms with Crippen molar-refractivity contribution in [3.63, 3.8) is 0 Å². The Hall–Kier alpha value is -3.68. The number of anilines is 2. The summed E-state index contributed by atoms with van der Waals surface area (Å²) in [5, 5.41) is 9.66. The van der Waals surface area contributed by atoms with Gasteiger partial charge in [0.05, 0.1) is 6.61 Å². The first-order valence-electron chi connectivity index (χ1n) is 9.60. The van der Waals surface area contributed by atoms with Crippen LogP contribution < -0.4 is 15.4 Å². The average Bonchev–Trinajstić information content (AvgIpc) is 3.27. The molecule has 0 aliphatic rings. The fraction of sp³-hybridized carbons (Fsp3) is 0.227. The molecule has 2 aromatic carbocycles. The highest BCUT2D eigenvalue weighted by Crippen LogP contribution is 2.18. The summed E-state index contributed by atoms with van der Waals surface area (Å²) >= 11 is 0. The molecule has 3 aromatic rings. The van der Waals surface area contributed by atoms with E-state index in [1.165, 1.54) is 6.07 Å². The summed E-state index contributed by atoms with van der Waals surface area (Å²) in [5.41, 5.74) is 1.14. The summed E-state index contributed by atoms with van der Waals surface area (Å²) < 4.78 is 20.4. The lowest BCUT2D eigenvalue weighted by Gasteiger charge is -2.13. The Labute approximate surface area is 173 Å². The van der Waals surface area contributed by atoms with Gasteiger partial charge in [0, 0.05) is 30.2 Å². The molecular formula is C22H23FN4O3. The van der Waals surface area contributed by atoms with Crippen molar-refractivity contribution < 1.29 is 18.7 Å². The second-order valence-electron chi connectivity index (χ2n) is 6.66. The number of amides is 2. The fourth-order valence-electron chi connectivity index (χ4n) is 2.75. The van der Waals surface area contributed by atoms with Crippen LogP contribution >= 0.6 is 0 Å². The van der Waals surface area contributed by atoms with E-state index in [0.717, 1.165) is 0 Å². The third-order valence-corrected chi connectivity index (χ3v) is 4.36. The van der Waals surface area contributed by atoms with Gasteiger partial charge in [-0.25, -0.2) is 4.39 Å². The number of nitrogens with one attached hydrogen (secondary N) is 2. The van der Waals surface area contributed by atoms with Crippen molar-refractivity contribution in [1.82, 2.24) is 9.78 Å². The average molecular weight is 410 g/mol. The standard InChI is InChI=1S/C22H23FN4O3/c1-16(27-13-6-12-24-27)22(29)26-18-8-4-7-17(15-18)25-21(28)11-5-14-30-20-10-3-2-9-19(20)23/h2-4,6-10,12-13,15-16H,5,11,14H2,1H3,(H,25,28)(H,26,29). The normalized spacial score (nSPS) is 11.5. The smallest absolute Gasteiger partial charge is 0.248 e. The van der Waals surface area contributed by atoms with Gasteiger partial charge < -0.3 is 15.4 Å². The van der Waals surface area contributed by atoms with Crippen LogP contribution in [0.15, 0.2) is 67.0 Å². The molecule has 2 N–H and O–H groups in total. The lowest BCUT2D eigenvalue weighted by Crippen LogP contribution is -2.24. The first kappa shape index (κ1) is 21.0. The quantitative estimate of drug-likeness (QED) is 0.522. The molecule has 1 atom stereocenters. The van der Waals surface area contributed by atoms with Gasteiger partial charge in [0.2, 0.25) is 11.8 Å². The maximum absolute atomic E-state index is 13.5. The maximum atomic E-state index is 13.5. The van der Waals surface area contributed by atoms with Crippen LogP contribution in [0.5, 0.6) is 5.75 Å². The lowest BCUT2D eigenvalue weighted by atomic mass is 10.2. The fourth-order valence-corrected chi connectivity index (χ4v) is 2.75. The molecule has 0 saturated carbocycles. The molecule has 7 nitrogen and oxygen atoms in total. The van der Waals surface area contributed by atoms with E-state index in [1.807, 2.05) is 0 Å². The van der Waals surface area contributed by atoms with Crippen molar-refractivity contribution in [3.05, 3.63) is 72.8 Å². The van der Waals surface area contributed by atoms with E-state index < -0.39 is 11.9 Å². The molecule has 0 bridgehead atoms. The van der Waals surface area contributed by atoms with E-state index in [0.29, 0.717) is 17.8 Å². The lowest BCUT2D eigenvalue weighted by molar-refractivity contribution is -0.119. The van der Waals surface area contributed by atoms with E-state index in [1.54, 1.807) is 72.5 Å². The summed E-state index contributed by atoms with van der Waals surface area (Å²) in [4.78, 5) is 24.5. The number of carbonyl (C=O) groups excluding carboxylic acids is 2. The van der Waals surface area contributed by atoms with Crippen molar-refractivity contribution in [2.75, 3.05) is 17.2 Å². The van der Waals surface area contributed by atoms with Crippen LogP contribution in [0.3, 0.4) is 0 Å². The van der Waals surface area contributed by atoms with Gasteiger partial charge in [-0.05, 0) is 49.7 Å². The number of halogens is 1. The molecule has 0 radical (unpaired) electrons. The van der Waals surface area contributed by atoms with Gasteiger partial charge in [-0.1, -0.05) is 18.2 Å². The SMILES string of the molecule is CC(C(=O)Nc1cccc(NC(=O)CCCOc2ccccc2F)c1)n1cccn1. The minimum Gasteiger partial charge on any atom is -0.491 e. The Bertz CT molecular complexity index is 992. The van der Waals surface area contributed by atoms with Crippen LogP contribution in [0.25, 0.3) is 0 Å². The van der Waals surface area contributed by atoms with Gasteiger partial charge in [-0.3, -0.25) is 14.3 Å².